The minimum absolute atomic E-state index is 0.116. The lowest BCUT2D eigenvalue weighted by Gasteiger charge is -2.05. The molecule has 0 saturated carbocycles. The molecule has 0 unspecified atom stereocenters. The van der Waals surface area contributed by atoms with Gasteiger partial charge in [0, 0.05) is 23.8 Å². The molecule has 0 radical (unpaired) electrons. The van der Waals surface area contributed by atoms with E-state index in [1.54, 1.807) is 18.2 Å². The molecule has 3 aromatic rings. The maximum Gasteiger partial charge on any atom is 0.271 e. The van der Waals surface area contributed by atoms with Crippen LogP contribution in [0.5, 0.6) is 5.75 Å². The third kappa shape index (κ3) is 4.21. The number of H-pyrrole nitrogens is 1. The molecular formula is C19H16N4O5. The first-order chi connectivity index (χ1) is 13.5. The number of hydrogen-bond acceptors (Lipinski definition) is 6. The van der Waals surface area contributed by atoms with Crippen molar-refractivity contribution in [3.8, 4) is 5.75 Å². The Morgan fingerprint density at radius 3 is 2.68 bits per heavy atom. The largest absolute Gasteiger partial charge is 0.494 e. The highest BCUT2D eigenvalue weighted by Crippen LogP contribution is 2.18. The fraction of sp³-hybridized carbons (Fsp3) is 0.105. The molecule has 28 heavy (non-hydrogen) atoms. The fourth-order valence-corrected chi connectivity index (χ4v) is 2.51. The third-order valence-electron chi connectivity index (χ3n) is 3.87. The number of ether oxygens (including phenoxy) is 1. The van der Waals surface area contributed by atoms with E-state index in [1.807, 2.05) is 13.0 Å². The summed E-state index contributed by atoms with van der Waals surface area (Å²) < 4.78 is 5.40. The number of aromatic amines is 1. The Bertz CT molecular complexity index is 1120. The molecule has 2 N–H and O–H groups in total. The lowest BCUT2D eigenvalue weighted by atomic mass is 10.1. The summed E-state index contributed by atoms with van der Waals surface area (Å²) in [6, 6.07) is 12.1. The van der Waals surface area contributed by atoms with Crippen molar-refractivity contribution in [2.45, 2.75) is 6.92 Å². The smallest absolute Gasteiger partial charge is 0.271 e. The van der Waals surface area contributed by atoms with Gasteiger partial charge in [0.1, 0.15) is 5.75 Å². The van der Waals surface area contributed by atoms with Gasteiger partial charge in [0.2, 0.25) is 0 Å². The molecule has 0 aliphatic rings. The molecular weight excluding hydrogens is 364 g/mol. The number of nitro groups is 1. The van der Waals surface area contributed by atoms with E-state index in [4.69, 9.17) is 4.74 Å². The molecule has 0 aliphatic carbocycles. The molecule has 1 aromatic heterocycles. The fourth-order valence-electron chi connectivity index (χ4n) is 2.51. The topological polar surface area (TPSA) is 127 Å². The van der Waals surface area contributed by atoms with E-state index in [0.29, 0.717) is 17.9 Å². The van der Waals surface area contributed by atoms with Crippen LogP contribution in [0.15, 0.2) is 58.4 Å². The van der Waals surface area contributed by atoms with E-state index in [2.05, 4.69) is 15.5 Å². The number of hydrazone groups is 1. The van der Waals surface area contributed by atoms with E-state index in [1.165, 1.54) is 30.5 Å². The van der Waals surface area contributed by atoms with Crippen LogP contribution in [0.25, 0.3) is 10.9 Å². The summed E-state index contributed by atoms with van der Waals surface area (Å²) in [5, 5.41) is 15.2. The summed E-state index contributed by atoms with van der Waals surface area (Å²) in [7, 11) is 0. The third-order valence-corrected chi connectivity index (χ3v) is 3.87. The number of amides is 1. The van der Waals surface area contributed by atoms with Gasteiger partial charge in [-0.05, 0) is 42.6 Å². The average Bonchev–Trinajstić information content (AvgIpc) is 2.68. The Labute approximate surface area is 158 Å². The average molecular weight is 380 g/mol. The van der Waals surface area contributed by atoms with Crippen LogP contribution < -0.4 is 15.7 Å². The van der Waals surface area contributed by atoms with Gasteiger partial charge in [-0.25, -0.2) is 5.43 Å². The summed E-state index contributed by atoms with van der Waals surface area (Å²) in [5.74, 6) is 0.104. The number of nitrogens with one attached hydrogen (secondary N) is 2. The van der Waals surface area contributed by atoms with Gasteiger partial charge in [-0.1, -0.05) is 0 Å². The molecule has 0 saturated heterocycles. The predicted octanol–water partition coefficient (Wildman–Crippen LogP) is 2.60. The first kappa shape index (κ1) is 18.8. The van der Waals surface area contributed by atoms with Gasteiger partial charge < -0.3 is 9.72 Å². The zero-order chi connectivity index (χ0) is 20.1. The van der Waals surface area contributed by atoms with Crippen LogP contribution in [0.3, 0.4) is 0 Å². The second kappa shape index (κ2) is 8.12. The summed E-state index contributed by atoms with van der Waals surface area (Å²) >= 11 is 0. The number of carbonyl (C=O) groups excluding carboxylic acids is 1. The number of carbonyl (C=O) groups is 1. The number of nitro benzene ring substituents is 1. The lowest BCUT2D eigenvalue weighted by Crippen LogP contribution is -2.19. The van der Waals surface area contributed by atoms with Crippen molar-refractivity contribution >= 4 is 28.7 Å². The zero-order valence-electron chi connectivity index (χ0n) is 14.8. The second-order valence-corrected chi connectivity index (χ2v) is 5.74. The van der Waals surface area contributed by atoms with Crippen molar-refractivity contribution in [2.24, 2.45) is 5.10 Å². The van der Waals surface area contributed by atoms with Crippen molar-refractivity contribution in [3.63, 3.8) is 0 Å². The molecule has 0 spiro atoms. The summed E-state index contributed by atoms with van der Waals surface area (Å²) in [5.41, 5.74) is 2.90. The number of pyridine rings is 1. The highest BCUT2D eigenvalue weighted by atomic mass is 16.6. The molecule has 0 bridgehead atoms. The van der Waals surface area contributed by atoms with Crippen molar-refractivity contribution in [2.75, 3.05) is 6.61 Å². The minimum atomic E-state index is -0.552. The van der Waals surface area contributed by atoms with Gasteiger partial charge in [-0.3, -0.25) is 19.7 Å². The van der Waals surface area contributed by atoms with Gasteiger partial charge in [-0.2, -0.15) is 5.10 Å². The molecule has 2 aromatic carbocycles. The number of hydrogen-bond donors (Lipinski definition) is 2. The van der Waals surface area contributed by atoms with Gasteiger partial charge in [-0.15, -0.1) is 0 Å². The van der Waals surface area contributed by atoms with Crippen LogP contribution in [-0.4, -0.2) is 28.6 Å². The minimum Gasteiger partial charge on any atom is -0.494 e. The summed E-state index contributed by atoms with van der Waals surface area (Å²) in [6.07, 6.45) is 1.23. The number of aromatic nitrogens is 1. The van der Waals surface area contributed by atoms with Crippen molar-refractivity contribution in [1.82, 2.24) is 10.4 Å². The zero-order valence-corrected chi connectivity index (χ0v) is 14.8. The van der Waals surface area contributed by atoms with E-state index in [-0.39, 0.29) is 22.4 Å². The first-order valence-corrected chi connectivity index (χ1v) is 8.35. The van der Waals surface area contributed by atoms with Crippen LogP contribution in [0.1, 0.15) is 22.8 Å². The van der Waals surface area contributed by atoms with Crippen LogP contribution in [-0.2, 0) is 0 Å². The highest BCUT2D eigenvalue weighted by Gasteiger charge is 2.09. The lowest BCUT2D eigenvalue weighted by molar-refractivity contribution is -0.384. The highest BCUT2D eigenvalue weighted by molar-refractivity contribution is 5.95. The van der Waals surface area contributed by atoms with Crippen LogP contribution >= 0.6 is 0 Å². The summed E-state index contributed by atoms with van der Waals surface area (Å²) in [6.45, 7) is 2.40. The van der Waals surface area contributed by atoms with Gasteiger partial charge >= 0.3 is 0 Å². The number of non-ortho nitro benzene ring substituents is 1. The number of fused-ring (bicyclic) bond motifs is 1. The van der Waals surface area contributed by atoms with Crippen LogP contribution in [0.2, 0.25) is 0 Å². The predicted molar refractivity (Wildman–Crippen MR) is 104 cm³/mol. The summed E-state index contributed by atoms with van der Waals surface area (Å²) in [4.78, 5) is 37.0. The van der Waals surface area contributed by atoms with Crippen LogP contribution in [0.4, 0.5) is 5.69 Å². The molecule has 0 atom stereocenters. The number of rotatable bonds is 6. The molecule has 9 nitrogen and oxygen atoms in total. The van der Waals surface area contributed by atoms with Gasteiger partial charge in [0.15, 0.2) is 0 Å². The molecule has 9 heteroatoms. The first-order valence-electron chi connectivity index (χ1n) is 8.35. The molecule has 142 valence electrons. The Hall–Kier alpha value is -4.01. The monoisotopic (exact) mass is 380 g/mol. The van der Waals surface area contributed by atoms with Crippen molar-refractivity contribution in [1.29, 1.82) is 0 Å². The maximum atomic E-state index is 12.2. The van der Waals surface area contributed by atoms with Crippen molar-refractivity contribution in [3.05, 3.63) is 80.1 Å². The van der Waals surface area contributed by atoms with Gasteiger partial charge in [0.05, 0.1) is 28.8 Å². The van der Waals surface area contributed by atoms with E-state index in [9.17, 15) is 19.7 Å². The standard InChI is InChI=1S/C19H16N4O5/c1-2-28-16-8-5-13-9-14(18(24)21-17(13)10-16)11-20-22-19(25)12-3-6-15(7-4-12)23(26)27/h3-11H,2H2,1H3,(H,21,24)(H,22,25). The Morgan fingerprint density at radius 2 is 2.00 bits per heavy atom. The molecule has 1 amide bonds. The SMILES string of the molecule is CCOc1ccc2cc(C=NNC(=O)c3ccc([N+](=O)[O-])cc3)c(=O)[nH]c2c1. The Balaban J connectivity index is 1.74. The maximum absolute atomic E-state index is 12.2. The van der Waals surface area contributed by atoms with E-state index in [0.717, 1.165) is 5.39 Å². The Kier molecular flexibility index (Phi) is 5.45. The number of benzene rings is 2. The normalized spacial score (nSPS) is 10.9. The number of nitrogens with zero attached hydrogens (tertiary/aromatic N) is 2. The van der Waals surface area contributed by atoms with Crippen LogP contribution in [0, 0.1) is 10.1 Å². The second-order valence-electron chi connectivity index (χ2n) is 5.74. The molecule has 3 rings (SSSR count). The Morgan fingerprint density at radius 1 is 1.25 bits per heavy atom. The van der Waals surface area contributed by atoms with E-state index >= 15 is 0 Å². The quantitative estimate of drug-likeness (QED) is 0.386. The van der Waals surface area contributed by atoms with Gasteiger partial charge in [0.25, 0.3) is 17.2 Å². The molecule has 1 heterocycles. The molecule has 0 fully saturated rings. The van der Waals surface area contributed by atoms with E-state index < -0.39 is 10.8 Å². The molecule has 0 aliphatic heterocycles. The van der Waals surface area contributed by atoms with Crippen molar-refractivity contribution < 1.29 is 14.5 Å².